The highest BCUT2D eigenvalue weighted by Gasteiger charge is 1.97. The molecule has 1 rings (SSSR count). The van der Waals surface area contributed by atoms with Crippen LogP contribution in [0.3, 0.4) is 0 Å². The van der Waals surface area contributed by atoms with E-state index in [2.05, 4.69) is 24.1 Å². The lowest BCUT2D eigenvalue weighted by atomic mass is 10.2. The van der Waals surface area contributed by atoms with Gasteiger partial charge in [-0.05, 0) is 32.4 Å². The molecule has 0 aromatic carbocycles. The summed E-state index contributed by atoms with van der Waals surface area (Å²) in [5, 5.41) is 0. The first-order valence-corrected chi connectivity index (χ1v) is 4.84. The van der Waals surface area contributed by atoms with Gasteiger partial charge in [-0.1, -0.05) is 19.9 Å². The minimum absolute atomic E-state index is 1.16. The molecule has 0 bridgehead atoms. The van der Waals surface area contributed by atoms with E-state index in [0.29, 0.717) is 0 Å². The van der Waals surface area contributed by atoms with Gasteiger partial charge in [0.1, 0.15) is 0 Å². The Balaban J connectivity index is 0.000000461. The molecule has 1 aliphatic rings. The fraction of sp³-hybridized carbons (Fsp3) is 0.800. The third-order valence-corrected chi connectivity index (χ3v) is 1.79. The van der Waals surface area contributed by atoms with E-state index >= 15 is 0 Å². The standard InChI is InChI=1S/C8H15N.C2H6/c1-2-9-7-5-3-4-6-8-9;1-2/h5,7H,2-4,6,8H2,1H3;1-2H3. The molecular weight excluding hydrogens is 134 g/mol. The highest BCUT2D eigenvalue weighted by molar-refractivity contribution is 4.84. The van der Waals surface area contributed by atoms with E-state index in [1.54, 1.807) is 0 Å². The Morgan fingerprint density at radius 3 is 2.64 bits per heavy atom. The van der Waals surface area contributed by atoms with Gasteiger partial charge in [0, 0.05) is 13.1 Å². The first-order chi connectivity index (χ1) is 5.43. The first kappa shape index (κ1) is 10.5. The zero-order chi connectivity index (χ0) is 8.53. The van der Waals surface area contributed by atoms with Gasteiger partial charge >= 0.3 is 0 Å². The number of hydrogen-bond donors (Lipinski definition) is 0. The molecule has 0 atom stereocenters. The van der Waals surface area contributed by atoms with Gasteiger partial charge in [-0.25, -0.2) is 0 Å². The van der Waals surface area contributed by atoms with Crippen LogP contribution in [0.15, 0.2) is 12.3 Å². The van der Waals surface area contributed by atoms with E-state index in [-0.39, 0.29) is 0 Å². The molecular formula is C10H21N. The smallest absolute Gasteiger partial charge is 0.0172 e. The number of rotatable bonds is 1. The van der Waals surface area contributed by atoms with Crippen molar-refractivity contribution in [1.29, 1.82) is 0 Å². The molecule has 0 fully saturated rings. The molecule has 1 heterocycles. The predicted octanol–water partition coefficient (Wildman–Crippen LogP) is 3.03. The van der Waals surface area contributed by atoms with Crippen LogP contribution >= 0.6 is 0 Å². The summed E-state index contributed by atoms with van der Waals surface area (Å²) in [4.78, 5) is 2.37. The largest absolute Gasteiger partial charge is 0.378 e. The molecule has 1 heteroatoms. The average molecular weight is 155 g/mol. The monoisotopic (exact) mass is 155 g/mol. The van der Waals surface area contributed by atoms with E-state index in [1.165, 1.54) is 25.8 Å². The second-order valence-electron chi connectivity index (χ2n) is 2.51. The molecule has 0 aromatic heterocycles. The average Bonchev–Trinajstić information content (AvgIpc) is 2.35. The van der Waals surface area contributed by atoms with Crippen LogP contribution in [-0.2, 0) is 0 Å². The molecule has 0 amide bonds. The highest BCUT2D eigenvalue weighted by Crippen LogP contribution is 2.05. The van der Waals surface area contributed by atoms with Crippen molar-refractivity contribution in [3.63, 3.8) is 0 Å². The van der Waals surface area contributed by atoms with Crippen LogP contribution in [0.1, 0.15) is 40.0 Å². The second-order valence-corrected chi connectivity index (χ2v) is 2.51. The third-order valence-electron chi connectivity index (χ3n) is 1.79. The molecule has 1 nitrogen and oxygen atoms in total. The Bertz CT molecular complexity index is 97.0. The van der Waals surface area contributed by atoms with Crippen LogP contribution in [0.2, 0.25) is 0 Å². The quantitative estimate of drug-likeness (QED) is 0.562. The van der Waals surface area contributed by atoms with Crippen LogP contribution in [0, 0.1) is 0 Å². The molecule has 0 unspecified atom stereocenters. The highest BCUT2D eigenvalue weighted by atomic mass is 15.1. The molecule has 0 saturated carbocycles. The SMILES string of the molecule is CC.CCN1C=CCCCC1. The molecule has 0 spiro atoms. The van der Waals surface area contributed by atoms with E-state index in [9.17, 15) is 0 Å². The lowest BCUT2D eigenvalue weighted by Crippen LogP contribution is -2.16. The van der Waals surface area contributed by atoms with Gasteiger partial charge in [0.05, 0.1) is 0 Å². The fourth-order valence-electron chi connectivity index (χ4n) is 1.14. The molecule has 0 N–H and O–H groups in total. The zero-order valence-corrected chi connectivity index (χ0v) is 8.14. The van der Waals surface area contributed by atoms with Crippen molar-refractivity contribution >= 4 is 0 Å². The van der Waals surface area contributed by atoms with Crippen LogP contribution in [0.4, 0.5) is 0 Å². The van der Waals surface area contributed by atoms with E-state index < -0.39 is 0 Å². The van der Waals surface area contributed by atoms with Gasteiger partial charge in [-0.3, -0.25) is 0 Å². The number of nitrogens with zero attached hydrogens (tertiary/aromatic N) is 1. The molecule has 1 aliphatic heterocycles. The summed E-state index contributed by atoms with van der Waals surface area (Å²) in [5.41, 5.74) is 0. The summed E-state index contributed by atoms with van der Waals surface area (Å²) in [7, 11) is 0. The molecule has 0 aliphatic carbocycles. The van der Waals surface area contributed by atoms with Crippen molar-refractivity contribution in [2.45, 2.75) is 40.0 Å². The molecule has 0 aromatic rings. The Kier molecular flexibility index (Phi) is 7.33. The van der Waals surface area contributed by atoms with Crippen molar-refractivity contribution < 1.29 is 0 Å². The maximum Gasteiger partial charge on any atom is 0.0172 e. The topological polar surface area (TPSA) is 3.24 Å². The van der Waals surface area contributed by atoms with E-state index in [4.69, 9.17) is 0 Å². The lowest BCUT2D eigenvalue weighted by Gasteiger charge is -2.14. The molecule has 0 saturated heterocycles. The molecule has 0 radical (unpaired) electrons. The summed E-state index contributed by atoms with van der Waals surface area (Å²) in [6, 6.07) is 0. The van der Waals surface area contributed by atoms with Crippen LogP contribution in [0.25, 0.3) is 0 Å². The fourth-order valence-corrected chi connectivity index (χ4v) is 1.14. The van der Waals surface area contributed by atoms with Gasteiger partial charge < -0.3 is 4.90 Å². The van der Waals surface area contributed by atoms with Crippen molar-refractivity contribution in [3.05, 3.63) is 12.3 Å². The Morgan fingerprint density at radius 1 is 1.27 bits per heavy atom. The van der Waals surface area contributed by atoms with E-state index in [0.717, 1.165) is 6.54 Å². The first-order valence-electron chi connectivity index (χ1n) is 4.84. The van der Waals surface area contributed by atoms with E-state index in [1.807, 2.05) is 13.8 Å². The van der Waals surface area contributed by atoms with Gasteiger partial charge in [0.15, 0.2) is 0 Å². The Hall–Kier alpha value is -0.460. The van der Waals surface area contributed by atoms with Gasteiger partial charge in [0.2, 0.25) is 0 Å². The minimum Gasteiger partial charge on any atom is -0.378 e. The summed E-state index contributed by atoms with van der Waals surface area (Å²) in [6.45, 7) is 8.62. The Morgan fingerprint density at radius 2 is 2.00 bits per heavy atom. The third kappa shape index (κ3) is 4.88. The summed E-state index contributed by atoms with van der Waals surface area (Å²) < 4.78 is 0. The van der Waals surface area contributed by atoms with Gasteiger partial charge in [-0.15, -0.1) is 0 Å². The summed E-state index contributed by atoms with van der Waals surface area (Å²) in [5.74, 6) is 0. The normalized spacial score (nSPS) is 16.8. The zero-order valence-electron chi connectivity index (χ0n) is 8.14. The molecule has 11 heavy (non-hydrogen) atoms. The lowest BCUT2D eigenvalue weighted by molar-refractivity contribution is 0.393. The summed E-state index contributed by atoms with van der Waals surface area (Å²) in [6.07, 6.45) is 8.51. The maximum atomic E-state index is 2.37. The van der Waals surface area contributed by atoms with Crippen molar-refractivity contribution in [3.8, 4) is 0 Å². The predicted molar refractivity (Wildman–Crippen MR) is 51.6 cm³/mol. The minimum atomic E-state index is 1.16. The van der Waals surface area contributed by atoms with Gasteiger partial charge in [0.25, 0.3) is 0 Å². The summed E-state index contributed by atoms with van der Waals surface area (Å²) >= 11 is 0. The van der Waals surface area contributed by atoms with Crippen molar-refractivity contribution in [2.75, 3.05) is 13.1 Å². The van der Waals surface area contributed by atoms with Crippen molar-refractivity contribution in [2.24, 2.45) is 0 Å². The van der Waals surface area contributed by atoms with Crippen LogP contribution in [0.5, 0.6) is 0 Å². The van der Waals surface area contributed by atoms with Gasteiger partial charge in [-0.2, -0.15) is 0 Å². The Labute approximate surface area is 71.1 Å². The van der Waals surface area contributed by atoms with Crippen LogP contribution in [-0.4, -0.2) is 18.0 Å². The number of allylic oxidation sites excluding steroid dienone is 1. The van der Waals surface area contributed by atoms with Crippen LogP contribution < -0.4 is 0 Å². The second kappa shape index (κ2) is 7.64. The number of hydrogen-bond acceptors (Lipinski definition) is 1. The van der Waals surface area contributed by atoms with Crippen molar-refractivity contribution in [1.82, 2.24) is 4.90 Å². The molecule has 66 valence electrons. The maximum absolute atomic E-state index is 2.37.